The molecule has 3 aromatic rings. The first-order chi connectivity index (χ1) is 13.1. The zero-order chi connectivity index (χ0) is 18.8. The molecule has 7 nitrogen and oxygen atoms in total. The van der Waals surface area contributed by atoms with Crippen LogP contribution in [0.3, 0.4) is 0 Å². The second-order valence-corrected chi connectivity index (χ2v) is 6.64. The van der Waals surface area contributed by atoms with Crippen LogP contribution in [0.1, 0.15) is 27.1 Å². The highest BCUT2D eigenvalue weighted by Gasteiger charge is 2.23. The Kier molecular flexibility index (Phi) is 4.50. The number of carbonyl (C=O) groups excluding carboxylic acids is 2. The molecule has 1 aromatic heterocycles. The first-order valence-electron chi connectivity index (χ1n) is 8.97. The molecule has 0 aliphatic carbocycles. The predicted octanol–water partition coefficient (Wildman–Crippen LogP) is 1.84. The van der Waals surface area contributed by atoms with Crippen LogP contribution in [0.5, 0.6) is 0 Å². The third-order valence-electron chi connectivity index (χ3n) is 4.85. The minimum atomic E-state index is -0.292. The Balaban J connectivity index is 1.47. The number of aromatic amines is 2. The molecule has 2 heterocycles. The number of rotatable bonds is 2. The van der Waals surface area contributed by atoms with E-state index in [1.807, 2.05) is 30.3 Å². The van der Waals surface area contributed by atoms with Gasteiger partial charge in [0.25, 0.3) is 11.8 Å². The number of H-pyrrole nitrogens is 2. The number of fused-ring (bicyclic) bond motifs is 1. The Hall–Kier alpha value is -3.35. The lowest BCUT2D eigenvalue weighted by atomic mass is 10.1. The summed E-state index contributed by atoms with van der Waals surface area (Å²) in [7, 11) is 0. The summed E-state index contributed by atoms with van der Waals surface area (Å²) in [6, 6.07) is 14.3. The van der Waals surface area contributed by atoms with Gasteiger partial charge in [-0.25, -0.2) is 4.79 Å². The molecule has 0 atom stereocenters. The molecule has 2 aromatic carbocycles. The van der Waals surface area contributed by atoms with Crippen molar-refractivity contribution in [2.24, 2.45) is 0 Å². The molecule has 1 aliphatic rings. The molecule has 1 saturated heterocycles. The summed E-state index contributed by atoms with van der Waals surface area (Å²) in [4.78, 5) is 45.8. The van der Waals surface area contributed by atoms with Crippen molar-refractivity contribution in [3.8, 4) is 0 Å². The quantitative estimate of drug-likeness (QED) is 0.727. The number of nitrogens with zero attached hydrogens (tertiary/aromatic N) is 2. The molecule has 2 N–H and O–H groups in total. The molecule has 138 valence electrons. The lowest BCUT2D eigenvalue weighted by Gasteiger charge is -2.22. The average Bonchev–Trinajstić information content (AvgIpc) is 2.90. The maximum Gasteiger partial charge on any atom is 0.323 e. The highest BCUT2D eigenvalue weighted by atomic mass is 16.2. The van der Waals surface area contributed by atoms with Gasteiger partial charge in [-0.15, -0.1) is 0 Å². The van der Waals surface area contributed by atoms with Gasteiger partial charge in [-0.2, -0.15) is 0 Å². The van der Waals surface area contributed by atoms with Crippen molar-refractivity contribution in [3.63, 3.8) is 0 Å². The fraction of sp³-hybridized carbons (Fsp3) is 0.250. The minimum Gasteiger partial charge on any atom is -0.337 e. The molecule has 7 heteroatoms. The van der Waals surface area contributed by atoms with Gasteiger partial charge in [-0.3, -0.25) is 9.59 Å². The van der Waals surface area contributed by atoms with Crippen LogP contribution >= 0.6 is 0 Å². The van der Waals surface area contributed by atoms with E-state index in [1.165, 1.54) is 0 Å². The Labute approximate surface area is 155 Å². The van der Waals surface area contributed by atoms with E-state index in [9.17, 15) is 14.4 Å². The normalized spacial score (nSPS) is 15.0. The van der Waals surface area contributed by atoms with Crippen molar-refractivity contribution < 1.29 is 9.59 Å². The highest BCUT2D eigenvalue weighted by molar-refractivity contribution is 5.97. The Morgan fingerprint density at radius 2 is 1.37 bits per heavy atom. The first kappa shape index (κ1) is 17.1. The SMILES string of the molecule is O=C(c1ccccc1)N1CCCN(C(=O)c2ccc3[nH]c(=O)[nH]c3c2)CC1. The predicted molar refractivity (Wildman–Crippen MR) is 102 cm³/mol. The van der Waals surface area contributed by atoms with Crippen LogP contribution in [0, 0.1) is 0 Å². The van der Waals surface area contributed by atoms with E-state index < -0.39 is 0 Å². The van der Waals surface area contributed by atoms with E-state index in [0.29, 0.717) is 48.3 Å². The number of imidazole rings is 1. The summed E-state index contributed by atoms with van der Waals surface area (Å²) in [6.45, 7) is 2.21. The number of benzene rings is 2. The number of carbonyl (C=O) groups is 2. The summed E-state index contributed by atoms with van der Waals surface area (Å²) >= 11 is 0. The van der Waals surface area contributed by atoms with Gasteiger partial charge in [-0.1, -0.05) is 18.2 Å². The fourth-order valence-electron chi connectivity index (χ4n) is 3.44. The largest absolute Gasteiger partial charge is 0.337 e. The van der Waals surface area contributed by atoms with Crippen molar-refractivity contribution in [2.75, 3.05) is 26.2 Å². The molecule has 0 spiro atoms. The van der Waals surface area contributed by atoms with Crippen LogP contribution in [0.25, 0.3) is 11.0 Å². The van der Waals surface area contributed by atoms with Crippen molar-refractivity contribution in [1.82, 2.24) is 19.8 Å². The topological polar surface area (TPSA) is 89.3 Å². The monoisotopic (exact) mass is 364 g/mol. The van der Waals surface area contributed by atoms with Crippen molar-refractivity contribution in [1.29, 1.82) is 0 Å². The number of amides is 2. The molecule has 0 unspecified atom stereocenters. The summed E-state index contributed by atoms with van der Waals surface area (Å²) in [6.07, 6.45) is 0.730. The zero-order valence-corrected chi connectivity index (χ0v) is 14.8. The Morgan fingerprint density at radius 3 is 2.07 bits per heavy atom. The van der Waals surface area contributed by atoms with Gasteiger partial charge in [0.1, 0.15) is 0 Å². The second kappa shape index (κ2) is 7.11. The number of aromatic nitrogens is 2. The standard InChI is InChI=1S/C20H20N4O3/c25-18(14-5-2-1-3-6-14)23-9-4-10-24(12-11-23)19(26)15-7-8-16-17(13-15)22-20(27)21-16/h1-3,5-8,13H,4,9-12H2,(H2,21,22,27). The lowest BCUT2D eigenvalue weighted by Crippen LogP contribution is -2.37. The number of hydrogen-bond acceptors (Lipinski definition) is 3. The maximum atomic E-state index is 12.9. The van der Waals surface area contributed by atoms with Crippen LogP contribution in [0.15, 0.2) is 53.3 Å². The van der Waals surface area contributed by atoms with Gasteiger partial charge in [-0.05, 0) is 36.8 Å². The smallest absolute Gasteiger partial charge is 0.323 e. The fourth-order valence-corrected chi connectivity index (χ4v) is 3.44. The zero-order valence-electron chi connectivity index (χ0n) is 14.8. The first-order valence-corrected chi connectivity index (χ1v) is 8.97. The van der Waals surface area contributed by atoms with Gasteiger partial charge in [0.15, 0.2) is 0 Å². The van der Waals surface area contributed by atoms with Crippen LogP contribution in [0.4, 0.5) is 0 Å². The third-order valence-corrected chi connectivity index (χ3v) is 4.85. The van der Waals surface area contributed by atoms with E-state index in [1.54, 1.807) is 28.0 Å². The summed E-state index contributed by atoms with van der Waals surface area (Å²) in [5.41, 5.74) is 2.19. The molecule has 1 fully saturated rings. The van der Waals surface area contributed by atoms with Crippen molar-refractivity contribution in [3.05, 3.63) is 70.1 Å². The van der Waals surface area contributed by atoms with Crippen LogP contribution in [0.2, 0.25) is 0 Å². The molecular weight excluding hydrogens is 344 g/mol. The summed E-state index contributed by atoms with van der Waals surface area (Å²) in [5, 5.41) is 0. The summed E-state index contributed by atoms with van der Waals surface area (Å²) in [5.74, 6) is -0.0934. The van der Waals surface area contributed by atoms with Crippen LogP contribution < -0.4 is 5.69 Å². The van der Waals surface area contributed by atoms with Gasteiger partial charge < -0.3 is 19.8 Å². The molecule has 0 radical (unpaired) electrons. The van der Waals surface area contributed by atoms with E-state index in [-0.39, 0.29) is 17.5 Å². The highest BCUT2D eigenvalue weighted by Crippen LogP contribution is 2.15. The molecule has 2 amide bonds. The Morgan fingerprint density at radius 1 is 0.741 bits per heavy atom. The van der Waals surface area contributed by atoms with E-state index in [0.717, 1.165) is 6.42 Å². The van der Waals surface area contributed by atoms with Gasteiger partial charge >= 0.3 is 5.69 Å². The van der Waals surface area contributed by atoms with Crippen LogP contribution in [-0.2, 0) is 0 Å². The second-order valence-electron chi connectivity index (χ2n) is 6.64. The van der Waals surface area contributed by atoms with E-state index in [2.05, 4.69) is 9.97 Å². The maximum absolute atomic E-state index is 12.9. The third kappa shape index (κ3) is 3.48. The van der Waals surface area contributed by atoms with Crippen molar-refractivity contribution >= 4 is 22.8 Å². The van der Waals surface area contributed by atoms with E-state index >= 15 is 0 Å². The molecule has 1 aliphatic heterocycles. The summed E-state index contributed by atoms with van der Waals surface area (Å²) < 4.78 is 0. The van der Waals surface area contributed by atoms with Crippen LogP contribution in [-0.4, -0.2) is 57.8 Å². The molecule has 27 heavy (non-hydrogen) atoms. The van der Waals surface area contributed by atoms with Crippen molar-refractivity contribution in [2.45, 2.75) is 6.42 Å². The minimum absolute atomic E-state index is 0.00350. The Bertz CT molecular complexity index is 1040. The van der Waals surface area contributed by atoms with Gasteiger partial charge in [0.2, 0.25) is 0 Å². The molecule has 4 rings (SSSR count). The molecular formula is C20H20N4O3. The average molecular weight is 364 g/mol. The molecule has 0 bridgehead atoms. The van der Waals surface area contributed by atoms with Gasteiger partial charge in [0, 0.05) is 37.3 Å². The number of nitrogens with one attached hydrogen (secondary N) is 2. The molecule has 0 saturated carbocycles. The number of hydrogen-bond donors (Lipinski definition) is 2. The van der Waals surface area contributed by atoms with Gasteiger partial charge in [0.05, 0.1) is 11.0 Å². The lowest BCUT2D eigenvalue weighted by molar-refractivity contribution is 0.0719. The van der Waals surface area contributed by atoms with E-state index in [4.69, 9.17) is 0 Å².